The Hall–Kier alpha value is -2.14. The van der Waals surface area contributed by atoms with Gasteiger partial charge in [-0.2, -0.15) is 0 Å². The summed E-state index contributed by atoms with van der Waals surface area (Å²) in [5.74, 6) is -2.82. The minimum Gasteiger partial charge on any atom is -0.550 e. The molecule has 0 saturated carbocycles. The number of carboxylic acids is 1. The molecule has 3 aliphatic heterocycles. The Kier molecular flexibility index (Phi) is 2.87. The van der Waals surface area contributed by atoms with Gasteiger partial charge in [-0.25, -0.2) is 0 Å². The van der Waals surface area contributed by atoms with Gasteiger partial charge in [0.15, 0.2) is 0 Å². The van der Waals surface area contributed by atoms with Crippen molar-refractivity contribution < 1.29 is 19.4 Å². The zero-order valence-corrected chi connectivity index (χ0v) is 12.0. The van der Waals surface area contributed by atoms with Crippen molar-refractivity contribution in [1.82, 2.24) is 4.90 Å². The SMILES string of the molecule is O=C([O-])[C@H]1[C@H]2C(=O)N(CCc3ccccc3)C[C@@]23C=C[C@H]1O3. The molecule has 1 spiro atoms. The summed E-state index contributed by atoms with van der Waals surface area (Å²) < 4.78 is 5.82. The molecule has 1 aromatic carbocycles. The quantitative estimate of drug-likeness (QED) is 0.720. The topological polar surface area (TPSA) is 69.7 Å². The van der Waals surface area contributed by atoms with E-state index in [9.17, 15) is 14.7 Å². The van der Waals surface area contributed by atoms with Crippen molar-refractivity contribution in [1.29, 1.82) is 0 Å². The summed E-state index contributed by atoms with van der Waals surface area (Å²) in [7, 11) is 0. The van der Waals surface area contributed by atoms with E-state index < -0.39 is 29.5 Å². The highest BCUT2D eigenvalue weighted by atomic mass is 16.5. The number of likely N-dealkylation sites (tertiary alicyclic amines) is 1. The lowest BCUT2D eigenvalue weighted by Gasteiger charge is -2.24. The second kappa shape index (κ2) is 4.68. The monoisotopic (exact) mass is 298 g/mol. The van der Waals surface area contributed by atoms with Crippen LogP contribution >= 0.6 is 0 Å². The maximum Gasteiger partial charge on any atom is 0.229 e. The van der Waals surface area contributed by atoms with Gasteiger partial charge in [0.05, 0.1) is 18.6 Å². The molecule has 22 heavy (non-hydrogen) atoms. The van der Waals surface area contributed by atoms with Crippen LogP contribution in [0.25, 0.3) is 0 Å². The number of fused-ring (bicyclic) bond motifs is 1. The smallest absolute Gasteiger partial charge is 0.229 e. The van der Waals surface area contributed by atoms with Gasteiger partial charge in [-0.3, -0.25) is 4.79 Å². The van der Waals surface area contributed by atoms with Crippen LogP contribution in [0.3, 0.4) is 0 Å². The van der Waals surface area contributed by atoms with Crippen LogP contribution in [-0.2, 0) is 20.7 Å². The molecule has 1 aromatic rings. The number of carboxylic acid groups (broad SMARTS) is 1. The molecule has 5 nitrogen and oxygen atoms in total. The molecular formula is C17H16NO4-. The number of carbonyl (C=O) groups is 2. The van der Waals surface area contributed by atoms with Crippen LogP contribution in [0.15, 0.2) is 42.5 Å². The highest BCUT2D eigenvalue weighted by Gasteiger charge is 2.65. The predicted molar refractivity (Wildman–Crippen MR) is 75.5 cm³/mol. The molecule has 114 valence electrons. The van der Waals surface area contributed by atoms with Crippen LogP contribution < -0.4 is 5.11 Å². The fourth-order valence-electron chi connectivity index (χ4n) is 3.95. The van der Waals surface area contributed by atoms with E-state index in [0.717, 1.165) is 12.0 Å². The van der Waals surface area contributed by atoms with E-state index in [1.807, 2.05) is 36.4 Å². The second-order valence-electron chi connectivity index (χ2n) is 6.21. The highest BCUT2D eigenvalue weighted by molar-refractivity contribution is 5.90. The minimum atomic E-state index is -1.19. The predicted octanol–water partition coefficient (Wildman–Crippen LogP) is -0.239. The zero-order valence-electron chi connectivity index (χ0n) is 12.0. The summed E-state index contributed by atoms with van der Waals surface area (Å²) in [6, 6.07) is 9.93. The first-order chi connectivity index (χ1) is 10.6. The summed E-state index contributed by atoms with van der Waals surface area (Å²) in [5.41, 5.74) is 0.394. The number of hydrogen-bond acceptors (Lipinski definition) is 4. The van der Waals surface area contributed by atoms with Gasteiger partial charge >= 0.3 is 0 Å². The summed E-state index contributed by atoms with van der Waals surface area (Å²) in [5, 5.41) is 11.4. The Labute approximate surface area is 128 Å². The lowest BCUT2D eigenvalue weighted by molar-refractivity contribution is -0.313. The van der Waals surface area contributed by atoms with Crippen LogP contribution in [-0.4, -0.2) is 41.6 Å². The number of aliphatic carboxylic acids is 1. The van der Waals surface area contributed by atoms with Crippen LogP contribution in [0.1, 0.15) is 5.56 Å². The molecule has 2 fully saturated rings. The average molecular weight is 298 g/mol. The number of benzene rings is 1. The molecule has 0 radical (unpaired) electrons. The molecule has 1 amide bonds. The van der Waals surface area contributed by atoms with Crippen LogP contribution in [0.4, 0.5) is 0 Å². The Morgan fingerprint density at radius 2 is 2.14 bits per heavy atom. The largest absolute Gasteiger partial charge is 0.550 e. The number of nitrogens with zero attached hydrogens (tertiary/aromatic N) is 1. The molecule has 2 bridgehead atoms. The minimum absolute atomic E-state index is 0.128. The van der Waals surface area contributed by atoms with E-state index in [1.165, 1.54) is 0 Å². The van der Waals surface area contributed by atoms with Gasteiger partial charge in [-0.05, 0) is 12.0 Å². The Bertz CT molecular complexity index is 656. The highest BCUT2D eigenvalue weighted by Crippen LogP contribution is 2.51. The molecule has 0 aromatic heterocycles. The number of rotatable bonds is 4. The lowest BCUT2D eigenvalue weighted by atomic mass is 9.77. The van der Waals surface area contributed by atoms with Gasteiger partial charge in [0.2, 0.25) is 5.91 Å². The van der Waals surface area contributed by atoms with Crippen LogP contribution in [0.5, 0.6) is 0 Å². The summed E-state index contributed by atoms with van der Waals surface area (Å²) in [4.78, 5) is 25.7. The van der Waals surface area contributed by atoms with Crippen molar-refractivity contribution in [2.75, 3.05) is 13.1 Å². The van der Waals surface area contributed by atoms with Gasteiger partial charge in [0, 0.05) is 18.4 Å². The Morgan fingerprint density at radius 1 is 1.36 bits per heavy atom. The lowest BCUT2D eigenvalue weighted by Crippen LogP contribution is -2.45. The first kappa shape index (κ1) is 13.5. The average Bonchev–Trinajstić information content (AvgIpc) is 3.14. The van der Waals surface area contributed by atoms with E-state index in [0.29, 0.717) is 13.1 Å². The van der Waals surface area contributed by atoms with Gasteiger partial charge in [0.25, 0.3) is 0 Å². The molecule has 3 heterocycles. The summed E-state index contributed by atoms with van der Waals surface area (Å²) in [6.07, 6.45) is 3.85. The van der Waals surface area contributed by atoms with E-state index >= 15 is 0 Å². The third-order valence-electron chi connectivity index (χ3n) is 4.96. The van der Waals surface area contributed by atoms with Crippen molar-refractivity contribution in [2.45, 2.75) is 18.1 Å². The fourth-order valence-corrected chi connectivity index (χ4v) is 3.95. The fraction of sp³-hybridized carbons (Fsp3) is 0.412. The molecule has 5 heteroatoms. The zero-order chi connectivity index (χ0) is 15.3. The Morgan fingerprint density at radius 3 is 2.86 bits per heavy atom. The molecule has 0 N–H and O–H groups in total. The maximum absolute atomic E-state index is 12.6. The van der Waals surface area contributed by atoms with Gasteiger partial charge in [-0.15, -0.1) is 0 Å². The van der Waals surface area contributed by atoms with Gasteiger partial charge in [0.1, 0.15) is 5.60 Å². The van der Waals surface area contributed by atoms with Crippen molar-refractivity contribution in [3.63, 3.8) is 0 Å². The molecule has 4 rings (SSSR count). The third kappa shape index (κ3) is 1.82. The summed E-state index contributed by atoms with van der Waals surface area (Å²) in [6.45, 7) is 1.00. The first-order valence-corrected chi connectivity index (χ1v) is 7.51. The molecule has 0 aliphatic carbocycles. The number of amides is 1. The second-order valence-corrected chi connectivity index (χ2v) is 6.21. The number of hydrogen-bond donors (Lipinski definition) is 0. The third-order valence-corrected chi connectivity index (χ3v) is 4.96. The van der Waals surface area contributed by atoms with E-state index in [-0.39, 0.29) is 5.91 Å². The molecule has 2 saturated heterocycles. The van der Waals surface area contributed by atoms with Crippen LogP contribution in [0, 0.1) is 11.8 Å². The molecule has 4 atom stereocenters. The number of ether oxygens (including phenoxy) is 1. The van der Waals surface area contributed by atoms with Crippen molar-refractivity contribution in [2.24, 2.45) is 11.8 Å². The molecular weight excluding hydrogens is 282 g/mol. The summed E-state index contributed by atoms with van der Waals surface area (Å²) >= 11 is 0. The molecule has 0 unspecified atom stereocenters. The van der Waals surface area contributed by atoms with E-state index in [4.69, 9.17) is 4.74 Å². The van der Waals surface area contributed by atoms with Crippen LogP contribution in [0.2, 0.25) is 0 Å². The normalized spacial score (nSPS) is 35.2. The van der Waals surface area contributed by atoms with Gasteiger partial charge < -0.3 is 19.5 Å². The maximum atomic E-state index is 12.6. The first-order valence-electron chi connectivity index (χ1n) is 7.51. The standard InChI is InChI=1S/C17H17NO4/c19-15-14-13(16(20)21)12-6-8-17(14,22-12)10-18(15)9-7-11-4-2-1-3-5-11/h1-6,8,12-14H,7,9-10H2,(H,20,21)/p-1/t12-,13-,14+,17+/m1/s1. The van der Waals surface area contributed by atoms with Gasteiger partial charge in [-0.1, -0.05) is 42.5 Å². The van der Waals surface area contributed by atoms with E-state index in [1.54, 1.807) is 11.0 Å². The number of carbonyl (C=O) groups excluding carboxylic acids is 2. The van der Waals surface area contributed by atoms with Crippen molar-refractivity contribution >= 4 is 11.9 Å². The van der Waals surface area contributed by atoms with Crippen molar-refractivity contribution in [3.8, 4) is 0 Å². The Balaban J connectivity index is 1.53. The van der Waals surface area contributed by atoms with Crippen molar-refractivity contribution in [3.05, 3.63) is 48.0 Å². The van der Waals surface area contributed by atoms with E-state index in [2.05, 4.69) is 0 Å². The molecule has 3 aliphatic rings.